The molecule has 0 bridgehead atoms. The van der Waals surface area contributed by atoms with Gasteiger partial charge in [-0.3, -0.25) is 0 Å². The topological polar surface area (TPSA) is 0 Å². The van der Waals surface area contributed by atoms with Crippen LogP contribution in [0.1, 0.15) is 0 Å². The van der Waals surface area contributed by atoms with Gasteiger partial charge in [-0.25, -0.2) is 0 Å². The zero-order chi connectivity index (χ0) is 3.58. The standard InChI is InChI=1S/Co.Ni.3P. The van der Waals surface area contributed by atoms with Crippen LogP contribution in [0.5, 0.6) is 0 Å². The molecule has 0 atom stereocenters. The second-order valence-corrected chi connectivity index (χ2v) is 7.42. The van der Waals surface area contributed by atoms with Crippen LogP contribution in [0.15, 0.2) is 0 Å². The molecule has 0 nitrogen and oxygen atoms in total. The van der Waals surface area contributed by atoms with E-state index in [2.05, 4.69) is 22.0 Å². The van der Waals surface area contributed by atoms with Gasteiger partial charge in [0.15, 0.2) is 0 Å². The molecule has 0 aromatic carbocycles. The number of hydrogen-bond donors (Lipinski definition) is 0. The van der Waals surface area contributed by atoms with Gasteiger partial charge in [-0.1, -0.05) is 0 Å². The summed E-state index contributed by atoms with van der Waals surface area (Å²) in [6, 6.07) is 0. The predicted molar refractivity (Wildman–Crippen MR) is 20.8 cm³/mol. The van der Waals surface area contributed by atoms with Crippen molar-refractivity contribution in [3.8, 4) is 0 Å². The van der Waals surface area contributed by atoms with Crippen LogP contribution in [0.25, 0.3) is 0 Å². The third kappa shape index (κ3) is 22.1. The van der Waals surface area contributed by atoms with Gasteiger partial charge in [0.05, 0.1) is 0 Å². The Bertz CT molecular complexity index is 222. The van der Waals surface area contributed by atoms with Crippen LogP contribution in [0.3, 0.4) is 0 Å². The summed E-state index contributed by atoms with van der Waals surface area (Å²) in [4.78, 5) is 0. The van der Waals surface area contributed by atoms with E-state index in [1.54, 1.807) is 0 Å². The second-order valence-electron chi connectivity index (χ2n) is 0.200. The van der Waals surface area contributed by atoms with Gasteiger partial charge in [-0.2, -0.15) is 0 Å². The third-order valence-corrected chi connectivity index (χ3v) is 0. The van der Waals surface area contributed by atoms with Crippen molar-refractivity contribution in [3.63, 3.8) is 0 Å². The molecule has 0 aliphatic rings. The molecule has 0 aliphatic carbocycles. The van der Waals surface area contributed by atoms with Gasteiger partial charge < -0.3 is 0 Å². The summed E-state index contributed by atoms with van der Waals surface area (Å²) >= 11 is 0. The van der Waals surface area contributed by atoms with Crippen molar-refractivity contribution in [1.29, 1.82) is 0 Å². The maximum atomic E-state index is 3.76. The van der Waals surface area contributed by atoms with Crippen molar-refractivity contribution in [3.05, 3.63) is 0 Å². The minimum atomic E-state index is -0.521. The molecular formula is CoNiP3. The molecule has 0 saturated carbocycles. The molecule has 5 heteroatoms. The molecule has 0 amide bonds. The van der Waals surface area contributed by atoms with Crippen molar-refractivity contribution < 1.29 is 26.8 Å². The molecule has 5 heavy (non-hydrogen) atoms. The van der Waals surface area contributed by atoms with Gasteiger partial charge in [-0.05, 0) is 0 Å². The fraction of sp³-hybridized carbons (Fsp3) is 0. The van der Waals surface area contributed by atoms with Crippen molar-refractivity contribution in [2.45, 2.75) is 0 Å². The van der Waals surface area contributed by atoms with Gasteiger partial charge >= 0.3 is 32.2 Å². The van der Waals surface area contributed by atoms with E-state index in [4.69, 9.17) is 0 Å². The van der Waals surface area contributed by atoms with Crippen LogP contribution in [0.2, 0.25) is 0 Å². The van der Waals surface area contributed by atoms with E-state index >= 15 is 0 Å². The molecule has 0 heterocycles. The first kappa shape index (κ1) is 10.3. The van der Waals surface area contributed by atoms with E-state index in [0.717, 1.165) is 0 Å². The van der Waals surface area contributed by atoms with Gasteiger partial charge in [0.25, 0.3) is 0 Å². The quantitative estimate of drug-likeness (QED) is 0.426. The van der Waals surface area contributed by atoms with Gasteiger partial charge in [0.2, 0.25) is 0 Å². The summed E-state index contributed by atoms with van der Waals surface area (Å²) < 4.78 is 0. The minimum absolute atomic E-state index is 0. The summed E-state index contributed by atoms with van der Waals surface area (Å²) in [5.41, 5.74) is 0. The summed E-state index contributed by atoms with van der Waals surface area (Å²) in [5, 5.41) is 0. The average Bonchev–Trinajstić information content (AvgIpc) is 0.811. The van der Waals surface area contributed by atoms with E-state index in [1.165, 1.54) is 0 Å². The zero-order valence-corrected chi connectivity index (χ0v) is 6.70. The van der Waals surface area contributed by atoms with E-state index in [-0.39, 0.29) is 16.5 Å². The van der Waals surface area contributed by atoms with Crippen LogP contribution >= 0.6 is 22.0 Å². The Labute approximate surface area is 48.8 Å². The number of hydrogen-bond acceptors (Lipinski definition) is 0. The second kappa shape index (κ2) is 6.29. The Hall–Kier alpha value is 2.29. The Morgan fingerprint density at radius 1 is 1.00 bits per heavy atom. The molecule has 0 rings (SSSR count). The molecule has 0 unspecified atom stereocenters. The fourth-order valence-electron chi connectivity index (χ4n) is 0. The summed E-state index contributed by atoms with van der Waals surface area (Å²) in [5.74, 6) is 0. The van der Waals surface area contributed by atoms with Gasteiger partial charge in [-0.15, -0.1) is 0 Å². The van der Waals surface area contributed by atoms with Crippen LogP contribution in [0.4, 0.5) is 0 Å². The molecule has 34 valence electrons. The van der Waals surface area contributed by atoms with Crippen LogP contribution in [0, 0.1) is 0 Å². The van der Waals surface area contributed by atoms with Crippen LogP contribution in [-0.2, 0) is 26.8 Å². The molecule has 0 aromatic rings. The Morgan fingerprint density at radius 3 is 1.00 bits per heavy atom. The summed E-state index contributed by atoms with van der Waals surface area (Å²) in [7, 11) is 10.8. The van der Waals surface area contributed by atoms with Crippen LogP contribution < -0.4 is 0 Å². The van der Waals surface area contributed by atoms with E-state index < -0.39 is 10.3 Å². The maximum absolute atomic E-state index is 3.76. The Morgan fingerprint density at radius 2 is 1.00 bits per heavy atom. The molecular weight excluding hydrogens is 211 g/mol. The van der Waals surface area contributed by atoms with Crippen molar-refractivity contribution in [2.75, 3.05) is 0 Å². The molecule has 0 aromatic heterocycles. The van der Waals surface area contributed by atoms with Crippen molar-refractivity contribution in [2.24, 2.45) is 0 Å². The van der Waals surface area contributed by atoms with E-state index in [0.29, 0.717) is 0 Å². The third-order valence-electron chi connectivity index (χ3n) is 0. The molecule has 0 radical (unpaired) electrons. The van der Waals surface area contributed by atoms with Crippen molar-refractivity contribution >= 4 is 22.0 Å². The van der Waals surface area contributed by atoms with E-state index in [1.807, 2.05) is 0 Å². The Balaban J connectivity index is 0. The first-order chi connectivity index (χ1) is 1.73. The summed E-state index contributed by atoms with van der Waals surface area (Å²) in [6.45, 7) is 0. The van der Waals surface area contributed by atoms with Gasteiger partial charge in [0.1, 0.15) is 0 Å². The molecule has 0 spiro atoms. The van der Waals surface area contributed by atoms with Crippen molar-refractivity contribution in [1.82, 2.24) is 0 Å². The molecule has 0 aliphatic heterocycles. The van der Waals surface area contributed by atoms with E-state index in [9.17, 15) is 0 Å². The SMILES string of the molecule is [Ni].[P]#[Co](#[P])#[P]. The molecule has 0 saturated heterocycles. The number of rotatable bonds is 0. The molecule has 0 N–H and O–H groups in total. The Kier molecular flexibility index (Phi) is 13.0. The summed E-state index contributed by atoms with van der Waals surface area (Å²) in [6.07, 6.45) is 0. The average molecular weight is 211 g/mol. The first-order valence-electron chi connectivity index (χ1n) is 0.447. The monoisotopic (exact) mass is 210 g/mol. The predicted octanol–water partition coefficient (Wildman–Crippen LogP) is 2.58. The van der Waals surface area contributed by atoms with Crippen LogP contribution in [-0.4, -0.2) is 0 Å². The fourth-order valence-corrected chi connectivity index (χ4v) is 0. The first-order valence-corrected chi connectivity index (χ1v) is 5.53. The van der Waals surface area contributed by atoms with Gasteiger partial charge in [0, 0.05) is 16.5 Å². The molecule has 0 fully saturated rings. The zero-order valence-electron chi connectivity index (χ0n) is 1.99. The normalized spacial score (nSPS) is 4.20.